The van der Waals surface area contributed by atoms with E-state index in [9.17, 15) is 19.2 Å². The number of benzene rings is 1. The van der Waals surface area contributed by atoms with Crippen LogP contribution in [0.2, 0.25) is 0 Å². The van der Waals surface area contributed by atoms with Gasteiger partial charge in [0.2, 0.25) is 0 Å². The van der Waals surface area contributed by atoms with Crippen LogP contribution in [0.3, 0.4) is 0 Å². The molecule has 0 spiro atoms. The maximum absolute atomic E-state index is 11.8. The van der Waals surface area contributed by atoms with Crippen LogP contribution >= 0.6 is 11.3 Å². The van der Waals surface area contributed by atoms with Crippen molar-refractivity contribution in [1.29, 1.82) is 0 Å². The zero-order valence-corrected chi connectivity index (χ0v) is 16.4. The van der Waals surface area contributed by atoms with Crippen LogP contribution in [-0.4, -0.2) is 37.0 Å². The van der Waals surface area contributed by atoms with Crippen LogP contribution in [0.1, 0.15) is 27.9 Å². The number of anilines is 1. The van der Waals surface area contributed by atoms with Gasteiger partial charge in [-0.3, -0.25) is 19.7 Å². The van der Waals surface area contributed by atoms with Crippen LogP contribution in [0.4, 0.5) is 10.5 Å². The van der Waals surface area contributed by atoms with E-state index in [1.807, 2.05) is 26.0 Å². The van der Waals surface area contributed by atoms with Gasteiger partial charge in [0, 0.05) is 23.2 Å². The van der Waals surface area contributed by atoms with Crippen molar-refractivity contribution in [2.75, 3.05) is 18.5 Å². The average Bonchev–Trinajstić information content (AvgIpc) is 3.17. The van der Waals surface area contributed by atoms with Crippen molar-refractivity contribution in [3.05, 3.63) is 51.7 Å². The lowest BCUT2D eigenvalue weighted by atomic mass is 10.1. The molecular weight excluding hydrogens is 382 g/mol. The molecule has 0 saturated carbocycles. The van der Waals surface area contributed by atoms with Crippen molar-refractivity contribution in [2.45, 2.75) is 20.3 Å². The van der Waals surface area contributed by atoms with Crippen LogP contribution in [0.5, 0.6) is 0 Å². The standard InChI is InChI=1S/C19H21N3O5S/c1-12-3-4-15(13(2)9-12)21-19(26)22-16(23)10-27-17(24)5-7-20-18(25)14-6-8-28-11-14/h3-4,6,8-9,11H,5,7,10H2,1-2H3,(H,20,25)(H2,21,22,23,26). The number of amides is 4. The van der Waals surface area contributed by atoms with Gasteiger partial charge in [-0.25, -0.2) is 4.79 Å². The second-order valence-electron chi connectivity index (χ2n) is 6.00. The minimum absolute atomic E-state index is 0.0854. The Labute approximate surface area is 166 Å². The number of esters is 1. The van der Waals surface area contributed by atoms with E-state index in [0.29, 0.717) is 11.3 Å². The molecule has 2 rings (SSSR count). The Morgan fingerprint density at radius 2 is 1.89 bits per heavy atom. The molecule has 1 aromatic heterocycles. The first-order chi connectivity index (χ1) is 13.3. The number of urea groups is 1. The molecule has 0 radical (unpaired) electrons. The maximum atomic E-state index is 11.8. The summed E-state index contributed by atoms with van der Waals surface area (Å²) in [6, 6.07) is 6.43. The van der Waals surface area contributed by atoms with E-state index in [0.717, 1.165) is 11.1 Å². The van der Waals surface area contributed by atoms with Gasteiger partial charge >= 0.3 is 12.0 Å². The van der Waals surface area contributed by atoms with Crippen molar-refractivity contribution in [3.63, 3.8) is 0 Å². The molecule has 28 heavy (non-hydrogen) atoms. The SMILES string of the molecule is Cc1ccc(NC(=O)NC(=O)COC(=O)CCNC(=O)c2ccsc2)c(C)c1. The van der Waals surface area contributed by atoms with Crippen LogP contribution < -0.4 is 16.0 Å². The predicted molar refractivity (Wildman–Crippen MR) is 105 cm³/mol. The van der Waals surface area contributed by atoms with Crippen molar-refractivity contribution < 1.29 is 23.9 Å². The number of rotatable bonds is 7. The fraction of sp³-hybridized carbons (Fsp3) is 0.263. The van der Waals surface area contributed by atoms with Gasteiger partial charge in [0.05, 0.1) is 6.42 Å². The molecule has 1 aromatic carbocycles. The summed E-state index contributed by atoms with van der Waals surface area (Å²) in [4.78, 5) is 46.9. The van der Waals surface area contributed by atoms with E-state index in [1.165, 1.54) is 11.3 Å². The molecule has 2 aromatic rings. The van der Waals surface area contributed by atoms with Crippen LogP contribution in [0.25, 0.3) is 0 Å². The smallest absolute Gasteiger partial charge is 0.325 e. The van der Waals surface area contributed by atoms with Crippen molar-refractivity contribution in [2.24, 2.45) is 0 Å². The molecule has 3 N–H and O–H groups in total. The van der Waals surface area contributed by atoms with E-state index in [4.69, 9.17) is 4.74 Å². The number of imide groups is 1. The first kappa shape index (κ1) is 21.1. The second-order valence-corrected chi connectivity index (χ2v) is 6.78. The minimum atomic E-state index is -0.752. The highest BCUT2D eigenvalue weighted by Crippen LogP contribution is 2.15. The van der Waals surface area contributed by atoms with Crippen LogP contribution in [-0.2, 0) is 14.3 Å². The highest BCUT2D eigenvalue weighted by atomic mass is 32.1. The van der Waals surface area contributed by atoms with Gasteiger partial charge in [0.1, 0.15) is 0 Å². The number of aryl methyl sites for hydroxylation is 2. The van der Waals surface area contributed by atoms with Gasteiger partial charge in [0.25, 0.3) is 11.8 Å². The molecule has 0 aliphatic rings. The van der Waals surface area contributed by atoms with Crippen molar-refractivity contribution in [3.8, 4) is 0 Å². The topological polar surface area (TPSA) is 114 Å². The van der Waals surface area contributed by atoms with Crippen LogP contribution in [0, 0.1) is 13.8 Å². The number of hydrogen-bond acceptors (Lipinski definition) is 6. The lowest BCUT2D eigenvalue weighted by Crippen LogP contribution is -2.37. The van der Waals surface area contributed by atoms with E-state index < -0.39 is 24.5 Å². The Balaban J connectivity index is 1.65. The average molecular weight is 403 g/mol. The molecular formula is C19H21N3O5S. The number of hydrogen-bond donors (Lipinski definition) is 3. The first-order valence-corrected chi connectivity index (χ1v) is 9.43. The Bertz CT molecular complexity index is 864. The third-order valence-electron chi connectivity index (χ3n) is 3.65. The molecule has 0 aliphatic carbocycles. The lowest BCUT2D eigenvalue weighted by Gasteiger charge is -2.10. The number of nitrogens with one attached hydrogen (secondary N) is 3. The van der Waals surface area contributed by atoms with Gasteiger partial charge in [0.15, 0.2) is 6.61 Å². The second kappa shape index (κ2) is 10.2. The number of ether oxygens (including phenoxy) is 1. The molecule has 9 heteroatoms. The van der Waals surface area contributed by atoms with E-state index >= 15 is 0 Å². The summed E-state index contributed by atoms with van der Waals surface area (Å²) in [6.45, 7) is 3.27. The molecule has 148 valence electrons. The quantitative estimate of drug-likeness (QED) is 0.614. The number of carbonyl (C=O) groups excluding carboxylic acids is 4. The summed E-state index contributed by atoms with van der Waals surface area (Å²) in [5, 5.41) is 10.7. The molecule has 0 aliphatic heterocycles. The lowest BCUT2D eigenvalue weighted by molar-refractivity contribution is -0.148. The van der Waals surface area contributed by atoms with Crippen molar-refractivity contribution >= 4 is 40.8 Å². The summed E-state index contributed by atoms with van der Waals surface area (Å²) < 4.78 is 4.79. The summed E-state index contributed by atoms with van der Waals surface area (Å²) in [7, 11) is 0. The highest BCUT2D eigenvalue weighted by Gasteiger charge is 2.12. The number of carbonyl (C=O) groups is 4. The first-order valence-electron chi connectivity index (χ1n) is 8.49. The minimum Gasteiger partial charge on any atom is -0.456 e. The van der Waals surface area contributed by atoms with Crippen molar-refractivity contribution in [1.82, 2.24) is 10.6 Å². The molecule has 8 nitrogen and oxygen atoms in total. The molecule has 1 heterocycles. The fourth-order valence-electron chi connectivity index (χ4n) is 2.26. The maximum Gasteiger partial charge on any atom is 0.325 e. The summed E-state index contributed by atoms with van der Waals surface area (Å²) in [5.41, 5.74) is 3.01. The van der Waals surface area contributed by atoms with Gasteiger partial charge in [-0.2, -0.15) is 11.3 Å². The fourth-order valence-corrected chi connectivity index (χ4v) is 2.90. The Morgan fingerprint density at radius 1 is 1.11 bits per heavy atom. The normalized spacial score (nSPS) is 10.1. The zero-order valence-electron chi connectivity index (χ0n) is 15.5. The predicted octanol–water partition coefficient (Wildman–Crippen LogP) is 2.38. The van der Waals surface area contributed by atoms with E-state index in [-0.39, 0.29) is 18.9 Å². The summed E-state index contributed by atoms with van der Waals surface area (Å²) in [6.07, 6.45) is -0.0854. The number of thiophene rings is 1. The van der Waals surface area contributed by atoms with Gasteiger partial charge in [-0.1, -0.05) is 17.7 Å². The largest absolute Gasteiger partial charge is 0.456 e. The van der Waals surface area contributed by atoms with Gasteiger partial charge < -0.3 is 15.4 Å². The highest BCUT2D eigenvalue weighted by molar-refractivity contribution is 7.08. The van der Waals surface area contributed by atoms with Crippen LogP contribution in [0.15, 0.2) is 35.0 Å². The third-order valence-corrected chi connectivity index (χ3v) is 4.33. The molecule has 0 saturated heterocycles. The Morgan fingerprint density at radius 3 is 2.57 bits per heavy atom. The Hall–Kier alpha value is -3.20. The molecule has 0 fully saturated rings. The summed E-state index contributed by atoms with van der Waals surface area (Å²) in [5.74, 6) is -1.69. The Kier molecular flexibility index (Phi) is 7.70. The van der Waals surface area contributed by atoms with E-state index in [2.05, 4.69) is 16.0 Å². The zero-order chi connectivity index (χ0) is 20.5. The van der Waals surface area contributed by atoms with Gasteiger partial charge in [-0.05, 0) is 36.9 Å². The molecule has 0 bridgehead atoms. The monoisotopic (exact) mass is 403 g/mol. The third kappa shape index (κ3) is 6.84. The molecule has 4 amide bonds. The summed E-state index contributed by atoms with van der Waals surface area (Å²) >= 11 is 1.40. The molecule has 0 atom stereocenters. The molecule has 0 unspecified atom stereocenters. The van der Waals surface area contributed by atoms with Gasteiger partial charge in [-0.15, -0.1) is 0 Å². The van der Waals surface area contributed by atoms with E-state index in [1.54, 1.807) is 22.9 Å².